The van der Waals surface area contributed by atoms with Crippen molar-refractivity contribution in [1.82, 2.24) is 4.98 Å². The monoisotopic (exact) mass is 235 g/mol. The van der Waals surface area contributed by atoms with Gasteiger partial charge < -0.3 is 0 Å². The Balaban J connectivity index is 2.36. The van der Waals surface area contributed by atoms with Gasteiger partial charge in [-0.2, -0.15) is 11.8 Å². The number of fused-ring (bicyclic) bond motifs is 2. The van der Waals surface area contributed by atoms with Crippen LogP contribution in [0.15, 0.2) is 24.3 Å². The summed E-state index contributed by atoms with van der Waals surface area (Å²) in [6.45, 7) is 0. The number of aromatic nitrogens is 1. The van der Waals surface area contributed by atoms with E-state index in [4.69, 9.17) is 11.6 Å². The fourth-order valence-corrected chi connectivity index (χ4v) is 3.37. The van der Waals surface area contributed by atoms with Crippen LogP contribution in [0.5, 0.6) is 0 Å². The molecule has 0 unspecified atom stereocenters. The SMILES string of the molecule is Clc1c2c(nc3ccccc13)CCSC2. The van der Waals surface area contributed by atoms with Crippen LogP contribution in [0.1, 0.15) is 11.3 Å². The van der Waals surface area contributed by atoms with Gasteiger partial charge in [0.2, 0.25) is 0 Å². The highest BCUT2D eigenvalue weighted by Crippen LogP contribution is 2.34. The van der Waals surface area contributed by atoms with Crippen LogP contribution in [0.3, 0.4) is 0 Å². The summed E-state index contributed by atoms with van der Waals surface area (Å²) in [5.41, 5.74) is 3.46. The number of hydrogen-bond acceptors (Lipinski definition) is 2. The number of para-hydroxylation sites is 1. The molecule has 2 aromatic rings. The largest absolute Gasteiger partial charge is 0.252 e. The van der Waals surface area contributed by atoms with Crippen molar-refractivity contribution < 1.29 is 0 Å². The Labute approximate surface area is 97.8 Å². The van der Waals surface area contributed by atoms with Crippen molar-refractivity contribution in [3.8, 4) is 0 Å². The second-order valence-corrected chi connectivity index (χ2v) is 5.15. The highest BCUT2D eigenvalue weighted by atomic mass is 35.5. The standard InChI is InChI=1S/C12H10ClNS/c13-12-8-3-1-2-4-10(8)14-11-5-6-15-7-9(11)12/h1-4H,5-7H2. The Hall–Kier alpha value is -0.730. The van der Waals surface area contributed by atoms with Gasteiger partial charge in [0.15, 0.2) is 0 Å². The number of thioether (sulfide) groups is 1. The molecule has 1 aliphatic rings. The lowest BCUT2D eigenvalue weighted by atomic mass is 10.1. The first kappa shape index (κ1) is 9.49. The lowest BCUT2D eigenvalue weighted by molar-refractivity contribution is 1.01. The molecule has 0 saturated carbocycles. The smallest absolute Gasteiger partial charge is 0.0720 e. The van der Waals surface area contributed by atoms with E-state index >= 15 is 0 Å². The number of hydrogen-bond donors (Lipinski definition) is 0. The topological polar surface area (TPSA) is 12.9 Å². The molecule has 0 bridgehead atoms. The minimum atomic E-state index is 0.905. The number of nitrogens with zero attached hydrogens (tertiary/aromatic N) is 1. The van der Waals surface area contributed by atoms with E-state index in [1.165, 1.54) is 11.3 Å². The second-order valence-electron chi connectivity index (χ2n) is 3.67. The van der Waals surface area contributed by atoms with Gasteiger partial charge in [0.25, 0.3) is 0 Å². The molecule has 15 heavy (non-hydrogen) atoms. The zero-order chi connectivity index (χ0) is 10.3. The van der Waals surface area contributed by atoms with Crippen molar-refractivity contribution in [2.75, 3.05) is 5.75 Å². The van der Waals surface area contributed by atoms with Crippen molar-refractivity contribution in [2.24, 2.45) is 0 Å². The Bertz CT molecular complexity index is 524. The zero-order valence-corrected chi connectivity index (χ0v) is 9.74. The number of aryl methyl sites for hydroxylation is 1. The summed E-state index contributed by atoms with van der Waals surface area (Å²) in [7, 11) is 0. The molecule has 76 valence electrons. The highest BCUT2D eigenvalue weighted by molar-refractivity contribution is 7.98. The Morgan fingerprint density at radius 1 is 1.27 bits per heavy atom. The summed E-state index contributed by atoms with van der Waals surface area (Å²) in [4.78, 5) is 4.68. The Morgan fingerprint density at radius 3 is 3.07 bits per heavy atom. The van der Waals surface area contributed by atoms with Gasteiger partial charge in [0.05, 0.1) is 10.5 Å². The summed E-state index contributed by atoms with van der Waals surface area (Å²) in [6.07, 6.45) is 1.05. The number of halogens is 1. The third-order valence-electron chi connectivity index (χ3n) is 2.74. The molecule has 3 heteroatoms. The normalized spacial score (nSPS) is 15.3. The van der Waals surface area contributed by atoms with E-state index in [1.807, 2.05) is 36.0 Å². The van der Waals surface area contributed by atoms with Gasteiger partial charge >= 0.3 is 0 Å². The predicted octanol–water partition coefficient (Wildman–Crippen LogP) is 3.68. The third-order valence-corrected chi connectivity index (χ3v) is 4.16. The highest BCUT2D eigenvalue weighted by Gasteiger charge is 2.16. The van der Waals surface area contributed by atoms with Crippen LogP contribution < -0.4 is 0 Å². The minimum absolute atomic E-state index is 0.905. The van der Waals surface area contributed by atoms with Gasteiger partial charge in [0.1, 0.15) is 0 Å². The average Bonchev–Trinajstić information content (AvgIpc) is 2.30. The summed E-state index contributed by atoms with van der Waals surface area (Å²) in [5, 5.41) is 1.99. The maximum atomic E-state index is 6.41. The van der Waals surface area contributed by atoms with Crippen LogP contribution in [-0.4, -0.2) is 10.7 Å². The van der Waals surface area contributed by atoms with Gasteiger partial charge in [-0.05, 0) is 18.2 Å². The molecule has 0 N–H and O–H groups in total. The lowest BCUT2D eigenvalue weighted by Gasteiger charge is -2.17. The van der Waals surface area contributed by atoms with Crippen LogP contribution in [-0.2, 0) is 12.2 Å². The fraction of sp³-hybridized carbons (Fsp3) is 0.250. The fourth-order valence-electron chi connectivity index (χ4n) is 1.96. The molecule has 3 rings (SSSR count). The molecule has 1 aromatic heterocycles. The first-order chi connectivity index (χ1) is 7.36. The summed E-state index contributed by atoms with van der Waals surface area (Å²) < 4.78 is 0. The van der Waals surface area contributed by atoms with Crippen molar-refractivity contribution in [1.29, 1.82) is 0 Å². The molecule has 0 amide bonds. The van der Waals surface area contributed by atoms with Gasteiger partial charge in [0, 0.05) is 22.4 Å². The minimum Gasteiger partial charge on any atom is -0.252 e. The number of benzene rings is 1. The van der Waals surface area contributed by atoms with Gasteiger partial charge in [-0.3, -0.25) is 4.98 Å². The van der Waals surface area contributed by atoms with Crippen LogP contribution in [0.4, 0.5) is 0 Å². The van der Waals surface area contributed by atoms with Crippen LogP contribution in [0.2, 0.25) is 5.02 Å². The summed E-state index contributed by atoms with van der Waals surface area (Å²) >= 11 is 8.34. The van der Waals surface area contributed by atoms with E-state index in [9.17, 15) is 0 Å². The summed E-state index contributed by atoms with van der Waals surface area (Å²) in [5.74, 6) is 2.17. The lowest BCUT2D eigenvalue weighted by Crippen LogP contribution is -2.06. The van der Waals surface area contributed by atoms with E-state index in [2.05, 4.69) is 4.98 Å². The van der Waals surface area contributed by atoms with Gasteiger partial charge in [-0.1, -0.05) is 29.8 Å². The second kappa shape index (κ2) is 3.69. The maximum Gasteiger partial charge on any atom is 0.0720 e. The number of pyridine rings is 1. The molecule has 0 saturated heterocycles. The molecule has 0 spiro atoms. The molecule has 0 atom stereocenters. The Kier molecular flexibility index (Phi) is 2.33. The van der Waals surface area contributed by atoms with Crippen LogP contribution in [0, 0.1) is 0 Å². The molecule has 1 aromatic carbocycles. The van der Waals surface area contributed by atoms with Gasteiger partial charge in [-0.15, -0.1) is 0 Å². The predicted molar refractivity (Wildman–Crippen MR) is 66.6 cm³/mol. The quantitative estimate of drug-likeness (QED) is 0.691. The van der Waals surface area contributed by atoms with E-state index in [1.54, 1.807) is 0 Å². The van der Waals surface area contributed by atoms with E-state index in [0.717, 1.165) is 33.9 Å². The average molecular weight is 236 g/mol. The van der Waals surface area contributed by atoms with Gasteiger partial charge in [-0.25, -0.2) is 0 Å². The van der Waals surface area contributed by atoms with Crippen molar-refractivity contribution in [3.63, 3.8) is 0 Å². The number of rotatable bonds is 0. The molecular formula is C12H10ClNS. The maximum absolute atomic E-state index is 6.41. The van der Waals surface area contributed by atoms with E-state index < -0.39 is 0 Å². The summed E-state index contributed by atoms with van der Waals surface area (Å²) in [6, 6.07) is 8.10. The van der Waals surface area contributed by atoms with Crippen molar-refractivity contribution in [3.05, 3.63) is 40.5 Å². The van der Waals surface area contributed by atoms with Crippen LogP contribution in [0.25, 0.3) is 10.9 Å². The third kappa shape index (κ3) is 1.52. The molecule has 0 aliphatic carbocycles. The molecular weight excluding hydrogens is 226 g/mol. The molecule has 0 radical (unpaired) electrons. The molecule has 0 fully saturated rings. The van der Waals surface area contributed by atoms with E-state index in [-0.39, 0.29) is 0 Å². The first-order valence-corrected chi connectivity index (χ1v) is 6.53. The molecule has 1 nitrogen and oxygen atoms in total. The zero-order valence-electron chi connectivity index (χ0n) is 8.16. The van der Waals surface area contributed by atoms with Crippen molar-refractivity contribution >= 4 is 34.3 Å². The molecule has 1 aliphatic heterocycles. The van der Waals surface area contributed by atoms with E-state index in [0.29, 0.717) is 0 Å². The molecule has 2 heterocycles. The van der Waals surface area contributed by atoms with Crippen molar-refractivity contribution in [2.45, 2.75) is 12.2 Å². The van der Waals surface area contributed by atoms with Crippen LogP contribution >= 0.6 is 23.4 Å². The first-order valence-electron chi connectivity index (χ1n) is 5.00. The Morgan fingerprint density at radius 2 is 2.13 bits per heavy atom.